The largest absolute Gasteiger partial charge is 0.487 e. The Morgan fingerprint density at radius 2 is 1.54 bits per heavy atom. The summed E-state index contributed by atoms with van der Waals surface area (Å²) in [5.41, 5.74) is 4.63. The van der Waals surface area contributed by atoms with Crippen LogP contribution in [0.4, 0.5) is 0 Å². The molecule has 28 heavy (non-hydrogen) atoms. The van der Waals surface area contributed by atoms with Crippen molar-refractivity contribution in [2.75, 3.05) is 0 Å². The molecule has 0 spiro atoms. The standard InChI is InChI=1S/C25H19NO2/c27-17-21-12-9-19(10-13-21)8-11-20-4-3-6-24(16-20)28-18-23-15-14-22-5-1-2-7-25(22)26-23/h1-17H,18H2. The van der Waals surface area contributed by atoms with Crippen LogP contribution >= 0.6 is 0 Å². The topological polar surface area (TPSA) is 39.2 Å². The van der Waals surface area contributed by atoms with Gasteiger partial charge >= 0.3 is 0 Å². The van der Waals surface area contributed by atoms with Gasteiger partial charge in [0.25, 0.3) is 0 Å². The summed E-state index contributed by atoms with van der Waals surface area (Å²) in [6, 6.07) is 27.5. The number of hydrogen-bond acceptors (Lipinski definition) is 3. The first-order valence-electron chi connectivity index (χ1n) is 9.11. The predicted octanol–water partition coefficient (Wildman–Crippen LogP) is 5.80. The van der Waals surface area contributed by atoms with Crippen molar-refractivity contribution in [1.82, 2.24) is 4.98 Å². The fraction of sp³-hybridized carbons (Fsp3) is 0.0400. The zero-order valence-corrected chi connectivity index (χ0v) is 15.3. The number of para-hydroxylation sites is 1. The number of carbonyl (C=O) groups excluding carboxylic acids is 1. The fourth-order valence-electron chi connectivity index (χ4n) is 2.93. The maximum Gasteiger partial charge on any atom is 0.150 e. The van der Waals surface area contributed by atoms with Crippen molar-refractivity contribution in [2.24, 2.45) is 0 Å². The van der Waals surface area contributed by atoms with Crippen LogP contribution < -0.4 is 4.74 Å². The van der Waals surface area contributed by atoms with Crippen molar-refractivity contribution in [3.05, 3.63) is 107 Å². The van der Waals surface area contributed by atoms with Crippen molar-refractivity contribution in [2.45, 2.75) is 6.61 Å². The van der Waals surface area contributed by atoms with E-state index in [1.54, 1.807) is 0 Å². The molecule has 1 aromatic heterocycles. The smallest absolute Gasteiger partial charge is 0.150 e. The molecule has 3 aromatic carbocycles. The molecule has 4 aromatic rings. The molecular formula is C25H19NO2. The minimum atomic E-state index is 0.422. The number of hydrogen-bond donors (Lipinski definition) is 0. The second-order valence-electron chi connectivity index (χ2n) is 6.47. The van der Waals surface area contributed by atoms with Crippen LogP contribution in [0.1, 0.15) is 27.2 Å². The third kappa shape index (κ3) is 4.33. The summed E-state index contributed by atoms with van der Waals surface area (Å²) < 4.78 is 5.93. The SMILES string of the molecule is O=Cc1ccc(C=Cc2cccc(OCc3ccc4ccccc4n3)c2)cc1. The molecule has 136 valence electrons. The Morgan fingerprint density at radius 3 is 2.39 bits per heavy atom. The molecule has 3 nitrogen and oxygen atoms in total. The maximum atomic E-state index is 10.7. The molecule has 0 aliphatic heterocycles. The number of benzene rings is 3. The Labute approximate surface area is 163 Å². The fourth-order valence-corrected chi connectivity index (χ4v) is 2.93. The summed E-state index contributed by atoms with van der Waals surface area (Å²) in [4.78, 5) is 15.4. The average Bonchev–Trinajstić information content (AvgIpc) is 2.77. The van der Waals surface area contributed by atoms with Gasteiger partial charge in [-0.05, 0) is 35.4 Å². The zero-order chi connectivity index (χ0) is 19.2. The van der Waals surface area contributed by atoms with Gasteiger partial charge in [-0.2, -0.15) is 0 Å². The Kier molecular flexibility index (Phi) is 5.25. The zero-order valence-electron chi connectivity index (χ0n) is 15.3. The third-order valence-electron chi connectivity index (χ3n) is 4.44. The Balaban J connectivity index is 1.43. The molecule has 0 amide bonds. The van der Waals surface area contributed by atoms with E-state index in [4.69, 9.17) is 4.74 Å². The highest BCUT2D eigenvalue weighted by atomic mass is 16.5. The lowest BCUT2D eigenvalue weighted by atomic mass is 10.1. The van der Waals surface area contributed by atoms with E-state index in [9.17, 15) is 4.79 Å². The lowest BCUT2D eigenvalue weighted by Gasteiger charge is -2.07. The molecule has 0 unspecified atom stereocenters. The van der Waals surface area contributed by atoms with Gasteiger partial charge < -0.3 is 4.74 Å². The first-order valence-corrected chi connectivity index (χ1v) is 9.11. The summed E-state index contributed by atoms with van der Waals surface area (Å²) in [7, 11) is 0. The molecule has 0 saturated carbocycles. The van der Waals surface area contributed by atoms with Gasteiger partial charge in [0.2, 0.25) is 0 Å². The molecule has 3 heteroatoms. The molecule has 1 heterocycles. The van der Waals surface area contributed by atoms with E-state index in [1.807, 2.05) is 84.9 Å². The number of ether oxygens (including phenoxy) is 1. The highest BCUT2D eigenvalue weighted by Crippen LogP contribution is 2.18. The summed E-state index contributed by atoms with van der Waals surface area (Å²) in [6.07, 6.45) is 4.88. The van der Waals surface area contributed by atoms with Crippen LogP contribution in [0, 0.1) is 0 Å². The van der Waals surface area contributed by atoms with Crippen LogP contribution in [0.15, 0.2) is 84.9 Å². The van der Waals surface area contributed by atoms with Gasteiger partial charge in [0.15, 0.2) is 0 Å². The molecule has 0 radical (unpaired) electrons. The lowest BCUT2D eigenvalue weighted by Crippen LogP contribution is -1.98. The van der Waals surface area contributed by atoms with E-state index in [-0.39, 0.29) is 0 Å². The average molecular weight is 365 g/mol. The predicted molar refractivity (Wildman–Crippen MR) is 113 cm³/mol. The van der Waals surface area contributed by atoms with Crippen LogP contribution in [0.5, 0.6) is 5.75 Å². The molecule has 0 aliphatic carbocycles. The molecule has 0 saturated heterocycles. The Morgan fingerprint density at radius 1 is 0.750 bits per heavy atom. The highest BCUT2D eigenvalue weighted by Gasteiger charge is 2.00. The van der Waals surface area contributed by atoms with E-state index < -0.39 is 0 Å². The van der Waals surface area contributed by atoms with Crippen LogP contribution in [-0.4, -0.2) is 11.3 Å². The van der Waals surface area contributed by atoms with Gasteiger partial charge in [-0.15, -0.1) is 0 Å². The van der Waals surface area contributed by atoms with E-state index in [0.717, 1.165) is 39.8 Å². The van der Waals surface area contributed by atoms with Crippen LogP contribution in [0.3, 0.4) is 0 Å². The van der Waals surface area contributed by atoms with Crippen LogP contribution in [0.2, 0.25) is 0 Å². The van der Waals surface area contributed by atoms with Gasteiger partial charge in [0.1, 0.15) is 18.6 Å². The van der Waals surface area contributed by atoms with E-state index >= 15 is 0 Å². The minimum Gasteiger partial charge on any atom is -0.487 e. The summed E-state index contributed by atoms with van der Waals surface area (Å²) in [6.45, 7) is 0.422. The number of aromatic nitrogens is 1. The lowest BCUT2D eigenvalue weighted by molar-refractivity contribution is 0.112. The van der Waals surface area contributed by atoms with Crippen molar-refractivity contribution >= 4 is 29.3 Å². The first-order chi connectivity index (χ1) is 13.8. The van der Waals surface area contributed by atoms with Crippen molar-refractivity contribution in [3.63, 3.8) is 0 Å². The summed E-state index contributed by atoms with van der Waals surface area (Å²) >= 11 is 0. The van der Waals surface area contributed by atoms with Gasteiger partial charge in [-0.3, -0.25) is 4.79 Å². The maximum absolute atomic E-state index is 10.7. The van der Waals surface area contributed by atoms with Crippen LogP contribution in [-0.2, 0) is 6.61 Å². The molecule has 0 aliphatic rings. The normalized spacial score (nSPS) is 11.0. The number of carbonyl (C=O) groups is 1. The van der Waals surface area contributed by atoms with Gasteiger partial charge in [-0.1, -0.05) is 72.8 Å². The first kappa shape index (κ1) is 17.7. The molecule has 0 N–H and O–H groups in total. The molecule has 0 atom stereocenters. The van der Waals surface area contributed by atoms with E-state index in [1.165, 1.54) is 0 Å². The van der Waals surface area contributed by atoms with Gasteiger partial charge in [0.05, 0.1) is 11.2 Å². The monoisotopic (exact) mass is 365 g/mol. The van der Waals surface area contributed by atoms with Gasteiger partial charge in [-0.25, -0.2) is 4.98 Å². The Bertz CT molecular complexity index is 1130. The molecular weight excluding hydrogens is 346 g/mol. The second-order valence-corrected chi connectivity index (χ2v) is 6.47. The molecule has 4 rings (SSSR count). The van der Waals surface area contributed by atoms with Gasteiger partial charge in [0, 0.05) is 10.9 Å². The number of aldehydes is 1. The highest BCUT2D eigenvalue weighted by molar-refractivity contribution is 5.78. The summed E-state index contributed by atoms with van der Waals surface area (Å²) in [5, 5.41) is 1.12. The molecule has 0 fully saturated rings. The van der Waals surface area contributed by atoms with Crippen molar-refractivity contribution in [1.29, 1.82) is 0 Å². The second kappa shape index (κ2) is 8.31. The number of pyridine rings is 1. The molecule has 0 bridgehead atoms. The quantitative estimate of drug-likeness (QED) is 0.320. The van der Waals surface area contributed by atoms with Crippen molar-refractivity contribution in [3.8, 4) is 5.75 Å². The summed E-state index contributed by atoms with van der Waals surface area (Å²) in [5.74, 6) is 0.799. The van der Waals surface area contributed by atoms with Crippen LogP contribution in [0.25, 0.3) is 23.1 Å². The van der Waals surface area contributed by atoms with E-state index in [2.05, 4.69) is 17.1 Å². The van der Waals surface area contributed by atoms with Crippen molar-refractivity contribution < 1.29 is 9.53 Å². The minimum absolute atomic E-state index is 0.422. The number of rotatable bonds is 6. The number of fused-ring (bicyclic) bond motifs is 1. The number of nitrogens with zero attached hydrogens (tertiary/aromatic N) is 1. The Hall–Kier alpha value is -3.72. The third-order valence-corrected chi connectivity index (χ3v) is 4.44. The van der Waals surface area contributed by atoms with E-state index in [0.29, 0.717) is 12.2 Å².